The lowest BCUT2D eigenvalue weighted by Gasteiger charge is -2.15. The first-order chi connectivity index (χ1) is 7.75. The summed E-state index contributed by atoms with van der Waals surface area (Å²) in [5.74, 6) is 0.174. The van der Waals surface area contributed by atoms with Crippen molar-refractivity contribution in [2.75, 3.05) is 18.4 Å². The number of hydrogen-bond donors (Lipinski definition) is 4. The van der Waals surface area contributed by atoms with Gasteiger partial charge in [-0.1, -0.05) is 6.42 Å². The molecule has 0 bridgehead atoms. The highest BCUT2D eigenvalue weighted by molar-refractivity contribution is 5.30. The van der Waals surface area contributed by atoms with Gasteiger partial charge < -0.3 is 10.6 Å². The molecule has 7 nitrogen and oxygen atoms in total. The van der Waals surface area contributed by atoms with Gasteiger partial charge in [0.05, 0.1) is 0 Å². The summed E-state index contributed by atoms with van der Waals surface area (Å²) in [5.41, 5.74) is -1.07. The number of anilines is 1. The smallest absolute Gasteiger partial charge is 0.342 e. The molecular weight excluding hydrogens is 210 g/mol. The molecule has 1 aromatic rings. The van der Waals surface area contributed by atoms with Crippen LogP contribution in [0, 0.1) is 0 Å². The molecule has 0 radical (unpaired) electrons. The molecular formula is C9H15N5O2. The predicted molar refractivity (Wildman–Crippen MR) is 59.6 cm³/mol. The SMILES string of the molecule is O=c1[nH]nc(NC2CCCCNC2)c(=O)[nH]1. The molecule has 1 atom stereocenters. The second-order valence-corrected chi connectivity index (χ2v) is 3.90. The van der Waals surface area contributed by atoms with Crippen molar-refractivity contribution in [3.05, 3.63) is 20.8 Å². The van der Waals surface area contributed by atoms with Crippen molar-refractivity contribution in [1.82, 2.24) is 20.5 Å². The molecule has 1 fully saturated rings. The van der Waals surface area contributed by atoms with Gasteiger partial charge in [0, 0.05) is 12.6 Å². The van der Waals surface area contributed by atoms with Crippen LogP contribution in [0.15, 0.2) is 9.59 Å². The number of aromatic nitrogens is 3. The average Bonchev–Trinajstić information content (AvgIpc) is 2.51. The molecule has 88 valence electrons. The van der Waals surface area contributed by atoms with Crippen LogP contribution in [0.4, 0.5) is 5.82 Å². The topological polar surface area (TPSA) is 103 Å². The van der Waals surface area contributed by atoms with E-state index in [0.29, 0.717) is 0 Å². The van der Waals surface area contributed by atoms with Gasteiger partial charge in [-0.05, 0) is 19.4 Å². The minimum Gasteiger partial charge on any atom is -0.360 e. The van der Waals surface area contributed by atoms with Gasteiger partial charge in [0.25, 0.3) is 5.56 Å². The van der Waals surface area contributed by atoms with E-state index in [-0.39, 0.29) is 11.9 Å². The molecule has 1 aliphatic heterocycles. The number of hydrogen-bond acceptors (Lipinski definition) is 5. The summed E-state index contributed by atoms with van der Waals surface area (Å²) in [4.78, 5) is 24.3. The largest absolute Gasteiger partial charge is 0.360 e. The van der Waals surface area contributed by atoms with Crippen LogP contribution in [0.5, 0.6) is 0 Å². The van der Waals surface area contributed by atoms with Crippen molar-refractivity contribution in [3.63, 3.8) is 0 Å². The zero-order chi connectivity index (χ0) is 11.4. The third-order valence-corrected chi connectivity index (χ3v) is 2.60. The van der Waals surface area contributed by atoms with E-state index < -0.39 is 11.2 Å². The lowest BCUT2D eigenvalue weighted by molar-refractivity contribution is 0.629. The van der Waals surface area contributed by atoms with Crippen LogP contribution in [0.1, 0.15) is 19.3 Å². The molecule has 1 saturated heterocycles. The molecule has 4 N–H and O–H groups in total. The molecule has 16 heavy (non-hydrogen) atoms. The van der Waals surface area contributed by atoms with Gasteiger partial charge in [0.1, 0.15) is 0 Å². The van der Waals surface area contributed by atoms with Crippen molar-refractivity contribution in [3.8, 4) is 0 Å². The molecule has 0 aromatic carbocycles. The summed E-state index contributed by atoms with van der Waals surface area (Å²) < 4.78 is 0. The molecule has 0 spiro atoms. The number of rotatable bonds is 2. The average molecular weight is 225 g/mol. The van der Waals surface area contributed by atoms with Crippen molar-refractivity contribution in [2.24, 2.45) is 0 Å². The Hall–Kier alpha value is -1.63. The minimum atomic E-state index is -0.588. The van der Waals surface area contributed by atoms with Gasteiger partial charge >= 0.3 is 5.69 Å². The first-order valence-corrected chi connectivity index (χ1v) is 5.42. The van der Waals surface area contributed by atoms with E-state index >= 15 is 0 Å². The summed E-state index contributed by atoms with van der Waals surface area (Å²) in [6.07, 6.45) is 3.26. The maximum Gasteiger partial charge on any atom is 0.342 e. The van der Waals surface area contributed by atoms with Gasteiger partial charge in [-0.3, -0.25) is 9.78 Å². The molecule has 2 rings (SSSR count). The molecule has 0 aliphatic carbocycles. The van der Waals surface area contributed by atoms with Gasteiger partial charge in [-0.15, -0.1) is 5.10 Å². The van der Waals surface area contributed by atoms with Crippen molar-refractivity contribution in [1.29, 1.82) is 0 Å². The first-order valence-electron chi connectivity index (χ1n) is 5.42. The van der Waals surface area contributed by atoms with Gasteiger partial charge in [0.15, 0.2) is 0 Å². The van der Waals surface area contributed by atoms with Crippen LogP contribution in [0.3, 0.4) is 0 Å². The summed E-state index contributed by atoms with van der Waals surface area (Å²) in [6.45, 7) is 1.81. The Balaban J connectivity index is 2.07. The van der Waals surface area contributed by atoms with E-state index in [1.165, 1.54) is 0 Å². The number of nitrogens with zero attached hydrogens (tertiary/aromatic N) is 1. The molecule has 7 heteroatoms. The van der Waals surface area contributed by atoms with Gasteiger partial charge in [-0.25, -0.2) is 9.89 Å². The van der Waals surface area contributed by atoms with Crippen LogP contribution in [-0.2, 0) is 0 Å². The standard InChI is InChI=1S/C9H15N5O2/c15-8-7(13-14-9(16)12-8)11-6-3-1-2-4-10-5-6/h6,10H,1-5H2,(H,11,13)(H2,12,14,15,16). The second-order valence-electron chi connectivity index (χ2n) is 3.90. The molecule has 0 amide bonds. The predicted octanol–water partition coefficient (Wildman–Crippen LogP) is -0.988. The highest BCUT2D eigenvalue weighted by Crippen LogP contribution is 2.07. The fourth-order valence-electron chi connectivity index (χ4n) is 1.78. The maximum absolute atomic E-state index is 11.4. The Bertz CT molecular complexity index is 444. The minimum absolute atomic E-state index is 0.174. The maximum atomic E-state index is 11.4. The van der Waals surface area contributed by atoms with E-state index in [1.54, 1.807) is 0 Å². The van der Waals surface area contributed by atoms with Crippen molar-refractivity contribution < 1.29 is 0 Å². The molecule has 2 heterocycles. The fourth-order valence-corrected chi connectivity index (χ4v) is 1.78. The lowest BCUT2D eigenvalue weighted by atomic mass is 10.1. The van der Waals surface area contributed by atoms with Gasteiger partial charge in [0.2, 0.25) is 5.82 Å². The third-order valence-electron chi connectivity index (χ3n) is 2.60. The number of aromatic amines is 2. The zero-order valence-electron chi connectivity index (χ0n) is 8.88. The van der Waals surface area contributed by atoms with Gasteiger partial charge in [-0.2, -0.15) is 0 Å². The molecule has 0 saturated carbocycles. The quantitative estimate of drug-likeness (QED) is 0.517. The Labute approximate surface area is 91.7 Å². The molecule has 1 aliphatic rings. The van der Waals surface area contributed by atoms with E-state index in [4.69, 9.17) is 0 Å². The van der Waals surface area contributed by atoms with Crippen LogP contribution in [0.25, 0.3) is 0 Å². The molecule has 1 aromatic heterocycles. The summed E-state index contributed by atoms with van der Waals surface area (Å²) in [6, 6.07) is 0.182. The molecule has 1 unspecified atom stereocenters. The van der Waals surface area contributed by atoms with Crippen molar-refractivity contribution in [2.45, 2.75) is 25.3 Å². The summed E-state index contributed by atoms with van der Waals surface area (Å²) in [7, 11) is 0. The Morgan fingerprint density at radius 1 is 1.31 bits per heavy atom. The third kappa shape index (κ3) is 2.69. The Kier molecular flexibility index (Phi) is 3.35. The highest BCUT2D eigenvalue weighted by Gasteiger charge is 2.13. The second kappa shape index (κ2) is 4.93. The van der Waals surface area contributed by atoms with E-state index in [0.717, 1.165) is 32.4 Å². The monoisotopic (exact) mass is 225 g/mol. The first kappa shape index (κ1) is 10.9. The fraction of sp³-hybridized carbons (Fsp3) is 0.667. The van der Waals surface area contributed by atoms with E-state index in [2.05, 4.69) is 25.8 Å². The van der Waals surface area contributed by atoms with Crippen LogP contribution in [0.2, 0.25) is 0 Å². The van der Waals surface area contributed by atoms with Crippen LogP contribution in [-0.4, -0.2) is 34.3 Å². The Morgan fingerprint density at radius 2 is 2.19 bits per heavy atom. The summed E-state index contributed by atoms with van der Waals surface area (Å²) >= 11 is 0. The number of nitrogens with one attached hydrogen (secondary N) is 4. The number of H-pyrrole nitrogens is 2. The van der Waals surface area contributed by atoms with E-state index in [1.807, 2.05) is 0 Å². The normalized spacial score (nSPS) is 21.4. The van der Waals surface area contributed by atoms with Crippen LogP contribution >= 0.6 is 0 Å². The zero-order valence-corrected chi connectivity index (χ0v) is 8.88. The van der Waals surface area contributed by atoms with E-state index in [9.17, 15) is 9.59 Å². The Morgan fingerprint density at radius 3 is 3.00 bits per heavy atom. The van der Waals surface area contributed by atoms with Crippen molar-refractivity contribution >= 4 is 5.82 Å². The summed E-state index contributed by atoms with van der Waals surface area (Å²) in [5, 5.41) is 12.2. The highest BCUT2D eigenvalue weighted by atomic mass is 16.2. The lowest BCUT2D eigenvalue weighted by Crippen LogP contribution is -2.35. The van der Waals surface area contributed by atoms with Crippen LogP contribution < -0.4 is 21.9 Å².